The van der Waals surface area contributed by atoms with Crippen LogP contribution in [0.3, 0.4) is 0 Å². The highest BCUT2D eigenvalue weighted by molar-refractivity contribution is 5.81. The van der Waals surface area contributed by atoms with Crippen molar-refractivity contribution in [3.05, 3.63) is 52.9 Å². The number of anilines is 2. The number of nitrogens with one attached hydrogen (secondary N) is 4. The molecule has 4 N–H and O–H groups in total. The zero-order valence-corrected chi connectivity index (χ0v) is 13.4. The topological polar surface area (TPSA) is 85.6 Å². The molecule has 2 aromatic heterocycles. The van der Waals surface area contributed by atoms with Crippen molar-refractivity contribution >= 4 is 22.4 Å². The van der Waals surface area contributed by atoms with Gasteiger partial charge in [-0.3, -0.25) is 15.0 Å². The molecule has 4 rings (SSSR count). The first-order valence-electron chi connectivity index (χ1n) is 8.41. The van der Waals surface area contributed by atoms with Crippen molar-refractivity contribution in [3.8, 4) is 0 Å². The SMILES string of the molecule is O=c1[nH][nH]c2cc(NCC3CCCC3Nc3ccccn3)ccc12. The van der Waals surface area contributed by atoms with E-state index in [-0.39, 0.29) is 5.56 Å². The number of fused-ring (bicyclic) bond motifs is 1. The summed E-state index contributed by atoms with van der Waals surface area (Å²) in [6, 6.07) is 12.2. The third-order valence-corrected chi connectivity index (χ3v) is 4.80. The smallest absolute Gasteiger partial charge is 0.271 e. The summed E-state index contributed by atoms with van der Waals surface area (Å²) in [6.07, 6.45) is 5.44. The highest BCUT2D eigenvalue weighted by atomic mass is 16.1. The van der Waals surface area contributed by atoms with Crippen molar-refractivity contribution in [3.63, 3.8) is 0 Å². The van der Waals surface area contributed by atoms with E-state index >= 15 is 0 Å². The second-order valence-electron chi connectivity index (χ2n) is 6.38. The van der Waals surface area contributed by atoms with Crippen molar-refractivity contribution in [1.82, 2.24) is 15.2 Å². The van der Waals surface area contributed by atoms with Crippen LogP contribution in [0.2, 0.25) is 0 Å². The quantitative estimate of drug-likeness (QED) is 0.581. The molecule has 0 bridgehead atoms. The third-order valence-electron chi connectivity index (χ3n) is 4.80. The van der Waals surface area contributed by atoms with Crippen LogP contribution in [0.15, 0.2) is 47.4 Å². The lowest BCUT2D eigenvalue weighted by Gasteiger charge is -2.22. The molecule has 0 saturated heterocycles. The summed E-state index contributed by atoms with van der Waals surface area (Å²) < 4.78 is 0. The van der Waals surface area contributed by atoms with Crippen molar-refractivity contribution < 1.29 is 0 Å². The standard InChI is InChI=1S/C18H21N5O/c24-18-14-8-7-13(10-16(14)22-23-18)20-11-12-4-3-5-15(12)21-17-6-1-2-9-19-17/h1-2,6-10,12,15,20H,3-5,11H2,(H,19,21)(H2,22,23,24). The number of pyridine rings is 1. The van der Waals surface area contributed by atoms with Crippen LogP contribution in [-0.4, -0.2) is 27.8 Å². The molecule has 3 aromatic rings. The zero-order chi connectivity index (χ0) is 16.4. The highest BCUT2D eigenvalue weighted by Crippen LogP contribution is 2.28. The predicted octanol–water partition coefficient (Wildman–Crippen LogP) is 2.94. The summed E-state index contributed by atoms with van der Waals surface area (Å²) in [7, 11) is 0. The molecule has 2 heterocycles. The number of nitrogens with zero attached hydrogens (tertiary/aromatic N) is 1. The second kappa shape index (κ2) is 6.39. The Morgan fingerprint density at radius 2 is 2.12 bits per heavy atom. The molecule has 0 aliphatic heterocycles. The zero-order valence-electron chi connectivity index (χ0n) is 13.4. The van der Waals surface area contributed by atoms with Gasteiger partial charge >= 0.3 is 0 Å². The van der Waals surface area contributed by atoms with Gasteiger partial charge in [-0.2, -0.15) is 0 Å². The average molecular weight is 323 g/mol. The summed E-state index contributed by atoms with van der Waals surface area (Å²) in [5, 5.41) is 13.3. The van der Waals surface area contributed by atoms with Crippen LogP contribution in [0.4, 0.5) is 11.5 Å². The Kier molecular flexibility index (Phi) is 3.94. The molecular weight excluding hydrogens is 302 g/mol. The van der Waals surface area contributed by atoms with Crippen molar-refractivity contribution in [1.29, 1.82) is 0 Å². The van der Waals surface area contributed by atoms with Gasteiger partial charge in [-0.1, -0.05) is 12.5 Å². The van der Waals surface area contributed by atoms with Crippen molar-refractivity contribution in [2.24, 2.45) is 5.92 Å². The lowest BCUT2D eigenvalue weighted by molar-refractivity contribution is 0.530. The van der Waals surface area contributed by atoms with Crippen LogP contribution < -0.4 is 16.2 Å². The minimum absolute atomic E-state index is 0.0769. The van der Waals surface area contributed by atoms with Gasteiger partial charge in [0.2, 0.25) is 0 Å². The molecular formula is C18H21N5O. The van der Waals surface area contributed by atoms with Crippen LogP contribution in [-0.2, 0) is 0 Å². The first-order chi connectivity index (χ1) is 11.8. The summed E-state index contributed by atoms with van der Waals surface area (Å²) in [6.45, 7) is 0.907. The van der Waals surface area contributed by atoms with E-state index in [2.05, 4.69) is 25.8 Å². The molecule has 0 amide bonds. The first kappa shape index (κ1) is 14.8. The van der Waals surface area contributed by atoms with Gasteiger partial charge in [-0.05, 0) is 49.1 Å². The number of H-pyrrole nitrogens is 2. The molecule has 6 heteroatoms. The fourth-order valence-corrected chi connectivity index (χ4v) is 3.51. The monoisotopic (exact) mass is 323 g/mol. The van der Waals surface area contributed by atoms with Crippen LogP contribution in [0.25, 0.3) is 10.9 Å². The lowest BCUT2D eigenvalue weighted by Crippen LogP contribution is -2.29. The number of benzene rings is 1. The Balaban J connectivity index is 1.41. The fourth-order valence-electron chi connectivity index (χ4n) is 3.51. The van der Waals surface area contributed by atoms with E-state index in [9.17, 15) is 4.79 Å². The number of aromatic nitrogens is 3. The molecule has 24 heavy (non-hydrogen) atoms. The molecule has 2 atom stereocenters. The summed E-state index contributed by atoms with van der Waals surface area (Å²) >= 11 is 0. The highest BCUT2D eigenvalue weighted by Gasteiger charge is 2.27. The van der Waals surface area contributed by atoms with Crippen molar-refractivity contribution in [2.45, 2.75) is 25.3 Å². The minimum atomic E-state index is -0.0769. The molecule has 1 aliphatic rings. The maximum atomic E-state index is 11.6. The Labute approximate surface area is 139 Å². The maximum Gasteiger partial charge on any atom is 0.271 e. The average Bonchev–Trinajstić information content (AvgIpc) is 3.21. The molecule has 1 aliphatic carbocycles. The van der Waals surface area contributed by atoms with Gasteiger partial charge in [0.05, 0.1) is 10.9 Å². The van der Waals surface area contributed by atoms with Gasteiger partial charge in [0, 0.05) is 24.5 Å². The summed E-state index contributed by atoms with van der Waals surface area (Å²) in [5.74, 6) is 1.51. The van der Waals surface area contributed by atoms with Crippen molar-refractivity contribution in [2.75, 3.05) is 17.2 Å². The lowest BCUT2D eigenvalue weighted by atomic mass is 10.0. The Morgan fingerprint density at radius 3 is 3.00 bits per heavy atom. The Bertz CT molecular complexity index is 870. The molecule has 1 fully saturated rings. The molecule has 124 valence electrons. The van der Waals surface area contributed by atoms with Crippen LogP contribution in [0.5, 0.6) is 0 Å². The maximum absolute atomic E-state index is 11.6. The first-order valence-corrected chi connectivity index (χ1v) is 8.41. The Hall–Kier alpha value is -2.76. The third kappa shape index (κ3) is 2.99. The molecule has 0 spiro atoms. The fraction of sp³-hybridized carbons (Fsp3) is 0.333. The molecule has 1 aromatic carbocycles. The second-order valence-corrected chi connectivity index (χ2v) is 6.38. The normalized spacial score (nSPS) is 20.3. The minimum Gasteiger partial charge on any atom is -0.385 e. The van der Waals surface area contributed by atoms with Gasteiger partial charge in [-0.15, -0.1) is 0 Å². The molecule has 2 unspecified atom stereocenters. The summed E-state index contributed by atoms with van der Waals surface area (Å²) in [4.78, 5) is 15.9. The predicted molar refractivity (Wildman–Crippen MR) is 96.4 cm³/mol. The van der Waals surface area contributed by atoms with Gasteiger partial charge in [-0.25, -0.2) is 4.98 Å². The number of aromatic amines is 2. The van der Waals surface area contributed by atoms with E-state index in [0.717, 1.165) is 23.6 Å². The Morgan fingerprint density at radius 1 is 1.17 bits per heavy atom. The number of rotatable bonds is 5. The van der Waals surface area contributed by atoms with Gasteiger partial charge in [0.15, 0.2) is 0 Å². The van der Waals surface area contributed by atoms with Crippen LogP contribution >= 0.6 is 0 Å². The number of hydrogen-bond donors (Lipinski definition) is 4. The van der Waals surface area contributed by atoms with Gasteiger partial charge < -0.3 is 10.6 Å². The largest absolute Gasteiger partial charge is 0.385 e. The van der Waals surface area contributed by atoms with E-state index in [4.69, 9.17) is 0 Å². The van der Waals surface area contributed by atoms with E-state index in [1.165, 1.54) is 19.3 Å². The van der Waals surface area contributed by atoms with E-state index in [0.29, 0.717) is 17.3 Å². The molecule has 0 radical (unpaired) electrons. The van der Waals surface area contributed by atoms with Crippen LogP contribution in [0, 0.1) is 5.92 Å². The van der Waals surface area contributed by atoms with E-state index in [1.54, 1.807) is 0 Å². The van der Waals surface area contributed by atoms with E-state index < -0.39 is 0 Å². The van der Waals surface area contributed by atoms with Gasteiger partial charge in [0.25, 0.3) is 5.56 Å². The van der Waals surface area contributed by atoms with E-state index in [1.807, 2.05) is 42.6 Å². The molecule has 6 nitrogen and oxygen atoms in total. The number of hydrogen-bond acceptors (Lipinski definition) is 4. The van der Waals surface area contributed by atoms with Gasteiger partial charge in [0.1, 0.15) is 5.82 Å². The summed E-state index contributed by atoms with van der Waals surface area (Å²) in [5.41, 5.74) is 1.78. The van der Waals surface area contributed by atoms with Crippen LogP contribution in [0.1, 0.15) is 19.3 Å². The molecule has 1 saturated carbocycles.